The summed E-state index contributed by atoms with van der Waals surface area (Å²) in [4.78, 5) is 24.9. The zero-order valence-corrected chi connectivity index (χ0v) is 17.1. The molecule has 0 radical (unpaired) electrons. The number of nitrogens with zero attached hydrogens (tertiary/aromatic N) is 2. The van der Waals surface area contributed by atoms with E-state index in [1.807, 2.05) is 29.6 Å². The highest BCUT2D eigenvalue weighted by atomic mass is 32.1. The lowest BCUT2D eigenvalue weighted by Crippen LogP contribution is -2.17. The summed E-state index contributed by atoms with van der Waals surface area (Å²) >= 11 is 1.59. The van der Waals surface area contributed by atoms with Gasteiger partial charge in [-0.3, -0.25) is 4.79 Å². The molecule has 1 aliphatic carbocycles. The van der Waals surface area contributed by atoms with E-state index in [-0.39, 0.29) is 5.78 Å². The lowest BCUT2D eigenvalue weighted by atomic mass is 9.85. The molecule has 1 saturated carbocycles. The zero-order valence-electron chi connectivity index (χ0n) is 16.2. The van der Waals surface area contributed by atoms with Crippen LogP contribution >= 0.6 is 11.3 Å². The van der Waals surface area contributed by atoms with E-state index in [1.165, 1.54) is 32.1 Å². The number of benzene rings is 1. The van der Waals surface area contributed by atoms with Crippen LogP contribution in [0.4, 0.5) is 0 Å². The first-order valence-electron chi connectivity index (χ1n) is 10.4. The number of aromatic nitrogens is 3. The van der Waals surface area contributed by atoms with Crippen LogP contribution in [-0.2, 0) is 13.0 Å². The molecule has 5 nitrogen and oxygen atoms in total. The molecule has 1 aromatic carbocycles. The minimum atomic E-state index is 0.211. The molecule has 0 aliphatic heterocycles. The van der Waals surface area contributed by atoms with Crippen molar-refractivity contribution in [3.8, 4) is 0 Å². The second kappa shape index (κ2) is 9.43. The highest BCUT2D eigenvalue weighted by molar-refractivity contribution is 7.09. The fourth-order valence-corrected chi connectivity index (χ4v) is 4.79. The summed E-state index contributed by atoms with van der Waals surface area (Å²) in [6.45, 7) is 1.52. The van der Waals surface area contributed by atoms with Crippen LogP contribution in [-0.4, -0.2) is 27.3 Å². The Kier molecular flexibility index (Phi) is 6.49. The molecule has 148 valence electrons. The van der Waals surface area contributed by atoms with E-state index in [4.69, 9.17) is 0 Å². The van der Waals surface area contributed by atoms with E-state index in [0.29, 0.717) is 18.7 Å². The van der Waals surface area contributed by atoms with Crippen LogP contribution in [0.15, 0.2) is 29.6 Å². The lowest BCUT2D eigenvalue weighted by molar-refractivity contribution is 0.0966. The Bertz CT molecular complexity index is 877. The van der Waals surface area contributed by atoms with Crippen molar-refractivity contribution >= 4 is 28.2 Å². The van der Waals surface area contributed by atoms with Crippen LogP contribution in [0.1, 0.15) is 66.3 Å². The van der Waals surface area contributed by atoms with Gasteiger partial charge in [-0.05, 0) is 24.5 Å². The molecule has 0 atom stereocenters. The Morgan fingerprint density at radius 2 is 2.04 bits per heavy atom. The number of Topliss-reactive ketones (excluding diaryl/α,β-unsaturated/α-hetero) is 1. The van der Waals surface area contributed by atoms with Gasteiger partial charge in [-0.1, -0.05) is 44.2 Å². The van der Waals surface area contributed by atoms with Gasteiger partial charge in [0.25, 0.3) is 0 Å². The summed E-state index contributed by atoms with van der Waals surface area (Å²) in [5, 5.41) is 6.36. The molecule has 1 fully saturated rings. The van der Waals surface area contributed by atoms with Crippen molar-refractivity contribution in [1.29, 1.82) is 0 Å². The summed E-state index contributed by atoms with van der Waals surface area (Å²) in [6, 6.07) is 8.05. The molecule has 0 bridgehead atoms. The molecule has 4 rings (SSSR count). The number of thiazole rings is 1. The third-order valence-corrected chi connectivity index (χ3v) is 6.50. The Labute approximate surface area is 170 Å². The molecular weight excluding hydrogens is 368 g/mol. The summed E-state index contributed by atoms with van der Waals surface area (Å²) in [5.41, 5.74) is 2.72. The Morgan fingerprint density at radius 3 is 2.89 bits per heavy atom. The highest BCUT2D eigenvalue weighted by Gasteiger charge is 2.17. The molecule has 0 amide bonds. The number of carbonyl (C=O) groups excluding carboxylic acids is 1. The van der Waals surface area contributed by atoms with Crippen molar-refractivity contribution < 1.29 is 4.79 Å². The number of imidazole rings is 1. The first-order chi connectivity index (χ1) is 13.8. The van der Waals surface area contributed by atoms with E-state index in [9.17, 15) is 4.79 Å². The largest absolute Gasteiger partial charge is 0.341 e. The van der Waals surface area contributed by atoms with Gasteiger partial charge < -0.3 is 10.3 Å². The number of carbonyl (C=O) groups is 1. The minimum Gasteiger partial charge on any atom is -0.341 e. The molecule has 2 aromatic heterocycles. The number of rotatable bonds is 9. The van der Waals surface area contributed by atoms with E-state index in [2.05, 4.69) is 20.3 Å². The van der Waals surface area contributed by atoms with Crippen molar-refractivity contribution in [3.05, 3.63) is 46.2 Å². The summed E-state index contributed by atoms with van der Waals surface area (Å²) < 4.78 is 0. The molecule has 6 heteroatoms. The van der Waals surface area contributed by atoms with Crippen LogP contribution in [0.25, 0.3) is 11.0 Å². The SMILES string of the molecule is O=C(CCC1CCCCC1)c1csc(CCNCc2nc3ccccc3[nH]2)n1. The summed E-state index contributed by atoms with van der Waals surface area (Å²) in [7, 11) is 0. The van der Waals surface area contributed by atoms with Gasteiger partial charge >= 0.3 is 0 Å². The molecule has 0 spiro atoms. The fourth-order valence-electron chi connectivity index (χ4n) is 3.98. The van der Waals surface area contributed by atoms with Gasteiger partial charge in [0, 0.05) is 24.8 Å². The number of nitrogens with one attached hydrogen (secondary N) is 2. The van der Waals surface area contributed by atoms with E-state index < -0.39 is 0 Å². The number of para-hydroxylation sites is 2. The van der Waals surface area contributed by atoms with Crippen LogP contribution in [0, 0.1) is 5.92 Å². The van der Waals surface area contributed by atoms with Gasteiger partial charge in [-0.25, -0.2) is 9.97 Å². The Hall–Kier alpha value is -2.05. The fraction of sp³-hybridized carbons (Fsp3) is 0.500. The Morgan fingerprint density at radius 1 is 1.18 bits per heavy atom. The predicted octanol–water partition coefficient (Wildman–Crippen LogP) is 4.89. The third-order valence-electron chi connectivity index (χ3n) is 5.59. The van der Waals surface area contributed by atoms with Crippen molar-refractivity contribution in [2.75, 3.05) is 6.54 Å². The van der Waals surface area contributed by atoms with E-state index >= 15 is 0 Å². The van der Waals surface area contributed by atoms with E-state index in [0.717, 1.165) is 47.2 Å². The second-order valence-corrected chi connectivity index (χ2v) is 8.66. The van der Waals surface area contributed by atoms with Gasteiger partial charge in [0.2, 0.25) is 0 Å². The number of hydrogen-bond acceptors (Lipinski definition) is 5. The van der Waals surface area contributed by atoms with Crippen molar-refractivity contribution in [3.63, 3.8) is 0 Å². The third kappa shape index (κ3) is 5.06. The van der Waals surface area contributed by atoms with Crippen molar-refractivity contribution in [2.24, 2.45) is 5.92 Å². The van der Waals surface area contributed by atoms with Crippen molar-refractivity contribution in [1.82, 2.24) is 20.3 Å². The van der Waals surface area contributed by atoms with Gasteiger partial charge in [0.05, 0.1) is 22.6 Å². The first kappa shape index (κ1) is 19.3. The standard InChI is InChI=1S/C22H28N4OS/c27-20(11-10-16-6-2-1-3-7-16)19-15-28-22(26-19)12-13-23-14-21-24-17-8-4-5-9-18(17)25-21/h4-5,8-9,15-16,23H,1-3,6-7,10-14H2,(H,24,25). The molecular formula is C22H28N4OS. The van der Waals surface area contributed by atoms with Crippen molar-refractivity contribution in [2.45, 2.75) is 57.9 Å². The zero-order chi connectivity index (χ0) is 19.2. The average Bonchev–Trinajstić information content (AvgIpc) is 3.37. The normalized spacial score (nSPS) is 15.3. The smallest absolute Gasteiger partial charge is 0.182 e. The summed E-state index contributed by atoms with van der Waals surface area (Å²) in [5.74, 6) is 1.90. The maximum absolute atomic E-state index is 12.4. The number of H-pyrrole nitrogens is 1. The maximum Gasteiger partial charge on any atom is 0.182 e. The minimum absolute atomic E-state index is 0.211. The van der Waals surface area contributed by atoms with Gasteiger partial charge in [-0.15, -0.1) is 11.3 Å². The molecule has 2 N–H and O–H groups in total. The number of fused-ring (bicyclic) bond motifs is 1. The Balaban J connectivity index is 1.19. The highest BCUT2D eigenvalue weighted by Crippen LogP contribution is 2.28. The summed E-state index contributed by atoms with van der Waals surface area (Å²) in [6.07, 6.45) is 9.15. The van der Waals surface area contributed by atoms with Gasteiger partial charge in [0.15, 0.2) is 5.78 Å². The molecule has 1 aliphatic rings. The van der Waals surface area contributed by atoms with Crippen LogP contribution in [0.3, 0.4) is 0 Å². The molecule has 0 saturated heterocycles. The van der Waals surface area contributed by atoms with Gasteiger partial charge in [-0.2, -0.15) is 0 Å². The van der Waals surface area contributed by atoms with Crippen LogP contribution in [0.5, 0.6) is 0 Å². The topological polar surface area (TPSA) is 70.7 Å². The first-order valence-corrected chi connectivity index (χ1v) is 11.3. The number of aromatic amines is 1. The van der Waals surface area contributed by atoms with Gasteiger partial charge in [0.1, 0.15) is 11.5 Å². The average molecular weight is 397 g/mol. The molecule has 2 heterocycles. The second-order valence-electron chi connectivity index (χ2n) is 7.72. The predicted molar refractivity (Wildman–Crippen MR) is 114 cm³/mol. The monoisotopic (exact) mass is 396 g/mol. The quantitative estimate of drug-likeness (QED) is 0.399. The molecule has 3 aromatic rings. The molecule has 0 unspecified atom stereocenters. The van der Waals surface area contributed by atoms with Crippen LogP contribution < -0.4 is 5.32 Å². The number of ketones is 1. The lowest BCUT2D eigenvalue weighted by Gasteiger charge is -2.20. The van der Waals surface area contributed by atoms with Crippen LogP contribution in [0.2, 0.25) is 0 Å². The molecule has 28 heavy (non-hydrogen) atoms. The van der Waals surface area contributed by atoms with E-state index in [1.54, 1.807) is 11.3 Å². The maximum atomic E-state index is 12.4. The number of hydrogen-bond donors (Lipinski definition) is 2.